The highest BCUT2D eigenvalue weighted by molar-refractivity contribution is 5.11. The molecule has 6 heteroatoms. The number of rotatable bonds is 3. The molecule has 0 amide bonds. The molecular formula is C26H40F6. The van der Waals surface area contributed by atoms with Gasteiger partial charge in [0.15, 0.2) is 0 Å². The Balaban J connectivity index is 1.65. The molecular weight excluding hydrogens is 426 g/mol. The van der Waals surface area contributed by atoms with Crippen molar-refractivity contribution in [3.05, 3.63) is 0 Å². The van der Waals surface area contributed by atoms with E-state index in [1.54, 1.807) is 6.92 Å². The first-order valence-electron chi connectivity index (χ1n) is 12.9. The second kappa shape index (κ2) is 8.07. The molecule has 0 radical (unpaired) electrons. The molecule has 32 heavy (non-hydrogen) atoms. The van der Waals surface area contributed by atoms with Gasteiger partial charge in [-0.1, -0.05) is 40.5 Å². The van der Waals surface area contributed by atoms with Crippen LogP contribution in [0, 0.1) is 58.2 Å². The van der Waals surface area contributed by atoms with Gasteiger partial charge in [0.25, 0.3) is 0 Å². The van der Waals surface area contributed by atoms with Gasteiger partial charge in [-0.2, -0.15) is 26.3 Å². The largest absolute Gasteiger partial charge is 0.392 e. The van der Waals surface area contributed by atoms with Gasteiger partial charge in [-0.3, -0.25) is 0 Å². The minimum Gasteiger partial charge on any atom is -0.171 e. The summed E-state index contributed by atoms with van der Waals surface area (Å²) < 4.78 is 83.3. The van der Waals surface area contributed by atoms with E-state index in [9.17, 15) is 26.3 Å². The minimum atomic E-state index is -4.56. The molecule has 0 bridgehead atoms. The van der Waals surface area contributed by atoms with Crippen LogP contribution in [0.2, 0.25) is 0 Å². The van der Waals surface area contributed by atoms with Crippen molar-refractivity contribution in [2.24, 2.45) is 58.2 Å². The summed E-state index contributed by atoms with van der Waals surface area (Å²) in [5.74, 6) is -2.30. The van der Waals surface area contributed by atoms with Gasteiger partial charge >= 0.3 is 12.4 Å². The van der Waals surface area contributed by atoms with Crippen molar-refractivity contribution in [1.29, 1.82) is 0 Å². The number of halogens is 6. The maximum absolute atomic E-state index is 14.0. The smallest absolute Gasteiger partial charge is 0.171 e. The van der Waals surface area contributed by atoms with Crippen molar-refractivity contribution in [2.45, 2.75) is 104 Å². The molecule has 4 rings (SSSR count). The van der Waals surface area contributed by atoms with Crippen LogP contribution in [-0.2, 0) is 0 Å². The molecule has 0 aromatic carbocycles. The average molecular weight is 467 g/mol. The first kappa shape index (κ1) is 24.7. The summed E-state index contributed by atoms with van der Waals surface area (Å²) >= 11 is 0. The molecule has 0 spiro atoms. The van der Waals surface area contributed by atoms with E-state index >= 15 is 0 Å². The molecule has 10 atom stereocenters. The fraction of sp³-hybridized carbons (Fsp3) is 1.00. The topological polar surface area (TPSA) is 0 Å². The molecule has 0 saturated heterocycles. The summed E-state index contributed by atoms with van der Waals surface area (Å²) in [7, 11) is 0. The Kier molecular flexibility index (Phi) is 6.23. The lowest BCUT2D eigenvalue weighted by Gasteiger charge is -2.63. The van der Waals surface area contributed by atoms with Gasteiger partial charge < -0.3 is 0 Å². The fourth-order valence-corrected chi connectivity index (χ4v) is 9.78. The molecule has 0 aliphatic heterocycles. The third-order valence-electron chi connectivity index (χ3n) is 11.0. The van der Waals surface area contributed by atoms with Gasteiger partial charge in [0.2, 0.25) is 0 Å². The summed E-state index contributed by atoms with van der Waals surface area (Å²) in [6.07, 6.45) is -2.41. The molecule has 0 nitrogen and oxygen atoms in total. The number of hydrogen-bond donors (Lipinski definition) is 0. The zero-order chi connectivity index (χ0) is 23.7. The maximum atomic E-state index is 14.0. The number of hydrogen-bond acceptors (Lipinski definition) is 0. The van der Waals surface area contributed by atoms with Crippen molar-refractivity contribution >= 4 is 0 Å². The highest BCUT2D eigenvalue weighted by Crippen LogP contribution is 2.70. The Morgan fingerprint density at radius 1 is 0.812 bits per heavy atom. The van der Waals surface area contributed by atoms with Crippen molar-refractivity contribution < 1.29 is 26.3 Å². The fourth-order valence-electron chi connectivity index (χ4n) is 9.78. The second-order valence-corrected chi connectivity index (χ2v) is 12.4. The SMILES string of the molecule is CCC[C@@H](C)[C@H]1CC[C@H]2[C@@H]3CCC4C(C(F)(F)F)CC(C(F)(F)F)C[C@]4(C)[C@H]3CC[C@]12C. The Morgan fingerprint density at radius 3 is 2.03 bits per heavy atom. The van der Waals surface area contributed by atoms with Gasteiger partial charge in [0, 0.05) is 0 Å². The quantitative estimate of drug-likeness (QED) is 0.364. The zero-order valence-corrected chi connectivity index (χ0v) is 20.0. The summed E-state index contributed by atoms with van der Waals surface area (Å²) in [5, 5.41) is 0. The Morgan fingerprint density at radius 2 is 1.44 bits per heavy atom. The van der Waals surface area contributed by atoms with Crippen LogP contribution in [0.25, 0.3) is 0 Å². The molecule has 4 aliphatic rings. The van der Waals surface area contributed by atoms with E-state index in [2.05, 4.69) is 20.8 Å². The molecule has 0 heterocycles. The summed E-state index contributed by atoms with van der Waals surface area (Å²) in [6.45, 7) is 8.75. The van der Waals surface area contributed by atoms with Crippen LogP contribution in [0.3, 0.4) is 0 Å². The monoisotopic (exact) mass is 466 g/mol. The third-order valence-corrected chi connectivity index (χ3v) is 11.0. The summed E-state index contributed by atoms with van der Waals surface area (Å²) in [5.41, 5.74) is -0.670. The van der Waals surface area contributed by atoms with Crippen molar-refractivity contribution in [1.82, 2.24) is 0 Å². The third kappa shape index (κ3) is 3.82. The summed E-state index contributed by atoms with van der Waals surface area (Å²) in [4.78, 5) is 0. The van der Waals surface area contributed by atoms with Crippen LogP contribution in [0.4, 0.5) is 26.3 Å². The van der Waals surface area contributed by atoms with Gasteiger partial charge in [-0.05, 0) is 97.7 Å². The Bertz CT molecular complexity index is 683. The van der Waals surface area contributed by atoms with Gasteiger partial charge in [-0.15, -0.1) is 0 Å². The zero-order valence-electron chi connectivity index (χ0n) is 20.0. The highest BCUT2D eigenvalue weighted by atomic mass is 19.4. The van der Waals surface area contributed by atoms with Crippen LogP contribution in [0.1, 0.15) is 91.9 Å². The molecule has 4 fully saturated rings. The van der Waals surface area contributed by atoms with E-state index in [1.807, 2.05) is 0 Å². The van der Waals surface area contributed by atoms with E-state index in [0.29, 0.717) is 24.2 Å². The van der Waals surface area contributed by atoms with Crippen LogP contribution in [0.5, 0.6) is 0 Å². The minimum absolute atomic E-state index is 0.00504. The average Bonchev–Trinajstić information content (AvgIpc) is 3.02. The predicted molar refractivity (Wildman–Crippen MR) is 114 cm³/mol. The molecule has 0 N–H and O–H groups in total. The van der Waals surface area contributed by atoms with E-state index in [1.165, 1.54) is 12.8 Å². The number of alkyl halides is 6. The Hall–Kier alpha value is -0.420. The number of fused-ring (bicyclic) bond motifs is 5. The van der Waals surface area contributed by atoms with E-state index in [0.717, 1.165) is 32.1 Å². The van der Waals surface area contributed by atoms with Gasteiger partial charge in [0.05, 0.1) is 11.8 Å². The van der Waals surface area contributed by atoms with Crippen LogP contribution >= 0.6 is 0 Å². The lowest BCUT2D eigenvalue weighted by Crippen LogP contribution is -2.58. The lowest BCUT2D eigenvalue weighted by atomic mass is 9.42. The van der Waals surface area contributed by atoms with Crippen molar-refractivity contribution in [3.8, 4) is 0 Å². The van der Waals surface area contributed by atoms with E-state index < -0.39 is 41.9 Å². The lowest BCUT2D eigenvalue weighted by molar-refractivity contribution is -0.273. The van der Waals surface area contributed by atoms with E-state index in [-0.39, 0.29) is 23.7 Å². The Labute approximate surface area is 189 Å². The normalized spacial score (nSPS) is 48.0. The van der Waals surface area contributed by atoms with Crippen LogP contribution in [-0.4, -0.2) is 12.4 Å². The molecule has 3 unspecified atom stereocenters. The highest BCUT2D eigenvalue weighted by Gasteiger charge is 2.66. The standard InChI is InChI=1S/C26H40F6/c1-5-6-15(2)18-9-10-19-17-7-8-21-22(26(30,31)32)13-16(25(27,28)29)14-24(21,4)20(17)11-12-23(18,19)3/h15-22H,5-14H2,1-4H3/t15-,16?,17+,18-,19+,20+,21?,22?,23-,24-/m1/s1. The van der Waals surface area contributed by atoms with Crippen LogP contribution in [0.15, 0.2) is 0 Å². The molecule has 0 aromatic heterocycles. The van der Waals surface area contributed by atoms with Crippen molar-refractivity contribution in [3.63, 3.8) is 0 Å². The first-order chi connectivity index (χ1) is 14.7. The van der Waals surface area contributed by atoms with Gasteiger partial charge in [-0.25, -0.2) is 0 Å². The van der Waals surface area contributed by atoms with Gasteiger partial charge in [0.1, 0.15) is 0 Å². The molecule has 0 aromatic rings. The molecule has 186 valence electrons. The van der Waals surface area contributed by atoms with Crippen LogP contribution < -0.4 is 0 Å². The van der Waals surface area contributed by atoms with Crippen molar-refractivity contribution in [2.75, 3.05) is 0 Å². The summed E-state index contributed by atoms with van der Waals surface area (Å²) in [6, 6.07) is 0. The predicted octanol–water partition coefficient (Wildman–Crippen LogP) is 9.05. The first-order valence-corrected chi connectivity index (χ1v) is 12.9. The maximum Gasteiger partial charge on any atom is 0.392 e. The molecule has 4 saturated carbocycles. The van der Waals surface area contributed by atoms with E-state index in [4.69, 9.17) is 0 Å². The second-order valence-electron chi connectivity index (χ2n) is 12.4. The molecule has 4 aliphatic carbocycles.